The van der Waals surface area contributed by atoms with Gasteiger partial charge in [0.15, 0.2) is 0 Å². The van der Waals surface area contributed by atoms with Crippen molar-refractivity contribution in [3.8, 4) is 5.75 Å². The fourth-order valence-electron chi connectivity index (χ4n) is 4.38. The molecule has 0 aliphatic carbocycles. The maximum atomic E-state index is 12.5. The second-order valence-corrected chi connectivity index (χ2v) is 9.00. The number of fused-ring (bicyclic) bond motifs is 1. The molecule has 0 saturated carbocycles. The molecule has 1 aromatic heterocycles. The summed E-state index contributed by atoms with van der Waals surface area (Å²) in [7, 11) is 2.10. The minimum absolute atomic E-state index is 0.0233. The highest BCUT2D eigenvalue weighted by Gasteiger charge is 2.19. The second kappa shape index (κ2) is 10.8. The summed E-state index contributed by atoms with van der Waals surface area (Å²) in [6, 6.07) is 14.0. The first-order valence-electron chi connectivity index (χ1n) is 11.7. The normalized spacial score (nSPS) is 15.9. The van der Waals surface area contributed by atoms with Crippen molar-refractivity contribution < 1.29 is 15.0 Å². The number of carbonyl (C=O) groups excluding carboxylic acids is 1. The van der Waals surface area contributed by atoms with Gasteiger partial charge in [0.1, 0.15) is 5.75 Å². The first-order valence-corrected chi connectivity index (χ1v) is 11.7. The molecule has 34 heavy (non-hydrogen) atoms. The summed E-state index contributed by atoms with van der Waals surface area (Å²) < 4.78 is 0. The van der Waals surface area contributed by atoms with E-state index in [9.17, 15) is 19.8 Å². The Kier molecular flexibility index (Phi) is 7.62. The van der Waals surface area contributed by atoms with Crippen LogP contribution in [0.3, 0.4) is 0 Å². The zero-order chi connectivity index (χ0) is 24.1. The van der Waals surface area contributed by atoms with Crippen LogP contribution in [0.2, 0.25) is 0 Å². The number of benzene rings is 2. The predicted molar refractivity (Wildman–Crippen MR) is 132 cm³/mol. The molecule has 0 radical (unpaired) electrons. The van der Waals surface area contributed by atoms with Crippen LogP contribution in [0.25, 0.3) is 10.9 Å². The van der Waals surface area contributed by atoms with Crippen LogP contribution in [0, 0.1) is 0 Å². The molecular weight excluding hydrogens is 432 g/mol. The quantitative estimate of drug-likeness (QED) is 0.325. The summed E-state index contributed by atoms with van der Waals surface area (Å²) in [5.41, 5.74) is 2.42. The van der Waals surface area contributed by atoms with Gasteiger partial charge in [-0.1, -0.05) is 18.2 Å². The number of aromatic hydroxyl groups is 1. The Balaban J connectivity index is 1.26. The summed E-state index contributed by atoms with van der Waals surface area (Å²) in [5.74, 6) is -0.0510. The van der Waals surface area contributed by atoms with Crippen LogP contribution in [0.4, 0.5) is 0 Å². The predicted octanol–water partition coefficient (Wildman–Crippen LogP) is 1.92. The lowest BCUT2D eigenvalue weighted by molar-refractivity contribution is 0.0917. The highest BCUT2D eigenvalue weighted by atomic mass is 16.3. The maximum Gasteiger partial charge on any atom is 0.251 e. The number of phenols is 1. The van der Waals surface area contributed by atoms with Crippen molar-refractivity contribution in [1.82, 2.24) is 20.5 Å². The molecule has 0 bridgehead atoms. The van der Waals surface area contributed by atoms with Gasteiger partial charge >= 0.3 is 0 Å². The molecule has 180 valence electrons. The molecule has 8 nitrogen and oxygen atoms in total. The third-order valence-corrected chi connectivity index (χ3v) is 6.46. The van der Waals surface area contributed by atoms with Gasteiger partial charge in [0, 0.05) is 29.6 Å². The summed E-state index contributed by atoms with van der Waals surface area (Å²) in [6.07, 6.45) is 1.93. The van der Waals surface area contributed by atoms with Crippen molar-refractivity contribution >= 4 is 16.8 Å². The molecule has 5 N–H and O–H groups in total. The second-order valence-electron chi connectivity index (χ2n) is 9.00. The number of aromatic amines is 1. The fraction of sp³-hybridized carbons (Fsp3) is 0.385. The number of H-pyrrole nitrogens is 1. The number of pyridine rings is 1. The Labute approximate surface area is 198 Å². The molecule has 1 aliphatic rings. The molecule has 1 saturated heterocycles. The van der Waals surface area contributed by atoms with E-state index < -0.39 is 6.10 Å². The lowest BCUT2D eigenvalue weighted by Crippen LogP contribution is -2.43. The monoisotopic (exact) mass is 464 g/mol. The summed E-state index contributed by atoms with van der Waals surface area (Å²) in [4.78, 5) is 29.0. The molecule has 1 fully saturated rings. The van der Waals surface area contributed by atoms with Gasteiger partial charge < -0.3 is 30.7 Å². The van der Waals surface area contributed by atoms with Gasteiger partial charge in [0.2, 0.25) is 5.56 Å². The van der Waals surface area contributed by atoms with E-state index >= 15 is 0 Å². The van der Waals surface area contributed by atoms with E-state index in [2.05, 4.69) is 27.6 Å². The molecule has 0 unspecified atom stereocenters. The Morgan fingerprint density at radius 2 is 1.85 bits per heavy atom. The number of rotatable bonds is 8. The van der Waals surface area contributed by atoms with E-state index in [0.29, 0.717) is 35.1 Å². The third-order valence-electron chi connectivity index (χ3n) is 6.46. The molecule has 1 amide bonds. The number of nitrogens with one attached hydrogen (secondary N) is 3. The average Bonchev–Trinajstić information content (AvgIpc) is 2.84. The number of likely N-dealkylation sites (tertiary alicyclic amines) is 1. The van der Waals surface area contributed by atoms with Crippen molar-refractivity contribution in [2.75, 3.05) is 33.2 Å². The number of nitrogens with zero attached hydrogens (tertiary/aromatic N) is 1. The summed E-state index contributed by atoms with van der Waals surface area (Å²) in [6.45, 7) is 3.00. The Morgan fingerprint density at radius 3 is 2.59 bits per heavy atom. The number of hydrogen-bond donors (Lipinski definition) is 5. The van der Waals surface area contributed by atoms with Gasteiger partial charge in [-0.25, -0.2) is 0 Å². The van der Waals surface area contributed by atoms with Crippen LogP contribution >= 0.6 is 0 Å². The van der Waals surface area contributed by atoms with E-state index in [1.165, 1.54) is 12.1 Å². The van der Waals surface area contributed by atoms with Gasteiger partial charge in [-0.05, 0) is 81.3 Å². The molecule has 3 aromatic rings. The maximum absolute atomic E-state index is 12.5. The van der Waals surface area contributed by atoms with Crippen LogP contribution in [-0.4, -0.2) is 65.3 Å². The van der Waals surface area contributed by atoms with Gasteiger partial charge in [0.25, 0.3) is 5.91 Å². The standard InChI is InChI=1S/C26H32N4O4/c1-30-14-11-19(12-15-30)28-26(34)18-4-2-17(3-5-18)10-13-27-16-23(32)20-6-8-22(31)25-21(20)7-9-24(33)29-25/h2-9,19,23,27,31-32H,10-16H2,1H3,(H,28,34)(H,29,33)/t23-/m0/s1. The van der Waals surface area contributed by atoms with Gasteiger partial charge in [-0.2, -0.15) is 0 Å². The minimum Gasteiger partial charge on any atom is -0.506 e. The van der Waals surface area contributed by atoms with Crippen LogP contribution in [0.1, 0.15) is 40.4 Å². The van der Waals surface area contributed by atoms with E-state index in [1.54, 1.807) is 12.1 Å². The van der Waals surface area contributed by atoms with Gasteiger partial charge in [-0.3, -0.25) is 9.59 Å². The average molecular weight is 465 g/mol. The molecule has 2 heterocycles. The van der Waals surface area contributed by atoms with Crippen molar-refractivity contribution in [2.45, 2.75) is 31.4 Å². The first kappa shape index (κ1) is 23.9. The number of phenolic OH excluding ortho intramolecular Hbond substituents is 1. The largest absolute Gasteiger partial charge is 0.506 e. The van der Waals surface area contributed by atoms with Crippen molar-refractivity contribution in [3.63, 3.8) is 0 Å². The van der Waals surface area contributed by atoms with Gasteiger partial charge in [0.05, 0.1) is 11.6 Å². The highest BCUT2D eigenvalue weighted by molar-refractivity contribution is 5.94. The van der Waals surface area contributed by atoms with Crippen molar-refractivity contribution in [3.05, 3.63) is 75.6 Å². The number of aromatic nitrogens is 1. The molecule has 8 heteroatoms. The third kappa shape index (κ3) is 5.83. The van der Waals surface area contributed by atoms with Crippen LogP contribution in [0.5, 0.6) is 5.75 Å². The number of aliphatic hydroxyl groups excluding tert-OH is 1. The zero-order valence-corrected chi connectivity index (χ0v) is 19.4. The molecule has 1 atom stereocenters. The number of piperidine rings is 1. The fourth-order valence-corrected chi connectivity index (χ4v) is 4.38. The number of carbonyl (C=O) groups is 1. The Morgan fingerprint density at radius 1 is 1.12 bits per heavy atom. The van der Waals surface area contributed by atoms with Crippen LogP contribution < -0.4 is 16.2 Å². The lowest BCUT2D eigenvalue weighted by atomic mass is 10.0. The summed E-state index contributed by atoms with van der Waals surface area (Å²) >= 11 is 0. The zero-order valence-electron chi connectivity index (χ0n) is 19.4. The van der Waals surface area contributed by atoms with Crippen LogP contribution in [0.15, 0.2) is 53.3 Å². The number of aliphatic hydroxyl groups is 1. The number of hydrogen-bond acceptors (Lipinski definition) is 6. The lowest BCUT2D eigenvalue weighted by Gasteiger charge is -2.29. The molecule has 0 spiro atoms. The SMILES string of the molecule is CN1CCC(NC(=O)c2ccc(CCNC[C@H](O)c3ccc(O)c4[nH]c(=O)ccc34)cc2)CC1. The highest BCUT2D eigenvalue weighted by Crippen LogP contribution is 2.28. The minimum atomic E-state index is -0.792. The van der Waals surface area contributed by atoms with Crippen molar-refractivity contribution in [2.24, 2.45) is 0 Å². The molecule has 4 rings (SSSR count). The first-order chi connectivity index (χ1) is 16.4. The van der Waals surface area contributed by atoms with Crippen LogP contribution in [-0.2, 0) is 6.42 Å². The summed E-state index contributed by atoms with van der Waals surface area (Å²) in [5, 5.41) is 27.6. The van der Waals surface area contributed by atoms with Gasteiger partial charge in [-0.15, -0.1) is 0 Å². The molecule has 2 aromatic carbocycles. The van der Waals surface area contributed by atoms with E-state index in [1.807, 2.05) is 24.3 Å². The van der Waals surface area contributed by atoms with E-state index in [0.717, 1.165) is 37.9 Å². The van der Waals surface area contributed by atoms with Crippen molar-refractivity contribution in [1.29, 1.82) is 0 Å². The topological polar surface area (TPSA) is 118 Å². The molecular formula is C26H32N4O4. The van der Waals surface area contributed by atoms with E-state index in [4.69, 9.17) is 0 Å². The Bertz CT molecular complexity index is 1180. The Hall–Kier alpha value is -3.20. The molecule has 1 aliphatic heterocycles. The van der Waals surface area contributed by atoms with E-state index in [-0.39, 0.29) is 23.3 Å². The smallest absolute Gasteiger partial charge is 0.251 e. The number of amides is 1.